The number of hydrogen-bond donors (Lipinski definition) is 1. The lowest BCUT2D eigenvalue weighted by Crippen LogP contribution is -2.23. The van der Waals surface area contributed by atoms with Gasteiger partial charge in [-0.05, 0) is 18.9 Å². The minimum absolute atomic E-state index is 0.0836. The van der Waals surface area contributed by atoms with Crippen molar-refractivity contribution in [3.63, 3.8) is 0 Å². The third-order valence-electron chi connectivity index (χ3n) is 2.12. The second kappa shape index (κ2) is 6.28. The molecule has 0 radical (unpaired) electrons. The lowest BCUT2D eigenvalue weighted by Gasteiger charge is -2.12. The Morgan fingerprint density at radius 3 is 2.56 bits per heavy atom. The molecule has 1 aromatic heterocycles. The summed E-state index contributed by atoms with van der Waals surface area (Å²) in [5.74, 6) is 0.106. The van der Waals surface area contributed by atoms with E-state index in [-0.39, 0.29) is 28.4 Å². The van der Waals surface area contributed by atoms with Crippen molar-refractivity contribution in [2.45, 2.75) is 13.8 Å². The second-order valence-corrected chi connectivity index (χ2v) is 6.92. The summed E-state index contributed by atoms with van der Waals surface area (Å²) in [5.41, 5.74) is 0.504. The van der Waals surface area contributed by atoms with Crippen LogP contribution in [0.4, 0.5) is 5.82 Å². The summed E-state index contributed by atoms with van der Waals surface area (Å²) in [7, 11) is -3.52. The summed E-state index contributed by atoms with van der Waals surface area (Å²) in [6.07, 6.45) is 0. The molecule has 18 heavy (non-hydrogen) atoms. The Morgan fingerprint density at radius 2 is 2.00 bits per heavy atom. The molecule has 4 nitrogen and oxygen atoms in total. The number of aryl methyl sites for hydroxylation is 1. The van der Waals surface area contributed by atoms with Gasteiger partial charge in [0.15, 0.2) is 5.82 Å². The van der Waals surface area contributed by atoms with Crippen LogP contribution < -0.4 is 4.72 Å². The van der Waals surface area contributed by atoms with E-state index in [0.29, 0.717) is 10.7 Å². The van der Waals surface area contributed by atoms with Gasteiger partial charge in [0, 0.05) is 5.88 Å². The molecule has 0 aliphatic heterocycles. The fourth-order valence-corrected chi connectivity index (χ4v) is 3.34. The molecule has 102 valence electrons. The van der Waals surface area contributed by atoms with Crippen molar-refractivity contribution in [1.29, 1.82) is 0 Å². The van der Waals surface area contributed by atoms with E-state index in [9.17, 15) is 8.42 Å². The Kier molecular flexibility index (Phi) is 5.52. The molecule has 1 heterocycles. The average Bonchev–Trinajstić information content (AvgIpc) is 2.24. The summed E-state index contributed by atoms with van der Waals surface area (Å²) in [6, 6.07) is 1.45. The van der Waals surface area contributed by atoms with Crippen LogP contribution in [-0.4, -0.2) is 25.0 Å². The van der Waals surface area contributed by atoms with Gasteiger partial charge in [-0.15, -0.1) is 11.6 Å². The Balaban J connectivity index is 2.94. The van der Waals surface area contributed by atoms with Crippen LogP contribution in [0.3, 0.4) is 0 Å². The Hall–Kier alpha value is -0.230. The highest BCUT2D eigenvalue weighted by Gasteiger charge is 2.18. The molecule has 0 spiro atoms. The van der Waals surface area contributed by atoms with Gasteiger partial charge in [0.05, 0.1) is 21.5 Å². The molecular formula is C10H13Cl3N2O2S. The number of hydrogen-bond acceptors (Lipinski definition) is 3. The standard InChI is InChI=1S/C10H13Cl3N2O2S/c1-6(4-11)5-18(16,17)15-10-9(13)3-8(12)7(2)14-10/h3,6H,4-5H2,1-2H3,(H,14,15). The predicted molar refractivity (Wildman–Crippen MR) is 76.3 cm³/mol. The molecule has 0 saturated heterocycles. The molecule has 0 bridgehead atoms. The molecule has 1 atom stereocenters. The van der Waals surface area contributed by atoms with Gasteiger partial charge in [-0.25, -0.2) is 13.4 Å². The number of rotatable bonds is 5. The van der Waals surface area contributed by atoms with Gasteiger partial charge >= 0.3 is 0 Å². The van der Waals surface area contributed by atoms with Crippen molar-refractivity contribution in [3.8, 4) is 0 Å². The fraction of sp³-hybridized carbons (Fsp3) is 0.500. The van der Waals surface area contributed by atoms with E-state index in [1.807, 2.05) is 0 Å². The third kappa shape index (κ3) is 4.46. The van der Waals surface area contributed by atoms with Gasteiger partial charge < -0.3 is 0 Å². The maximum atomic E-state index is 11.8. The quantitative estimate of drug-likeness (QED) is 0.842. The number of anilines is 1. The van der Waals surface area contributed by atoms with Gasteiger partial charge in [0.1, 0.15) is 0 Å². The summed E-state index contributed by atoms with van der Waals surface area (Å²) in [5, 5.41) is 0.546. The number of aromatic nitrogens is 1. The first kappa shape index (κ1) is 15.8. The van der Waals surface area contributed by atoms with Crippen molar-refractivity contribution >= 4 is 50.6 Å². The zero-order valence-electron chi connectivity index (χ0n) is 9.87. The lowest BCUT2D eigenvalue weighted by atomic mass is 10.3. The highest BCUT2D eigenvalue weighted by molar-refractivity contribution is 7.92. The van der Waals surface area contributed by atoms with Crippen LogP contribution in [0, 0.1) is 12.8 Å². The Bertz CT molecular complexity index is 534. The molecule has 0 amide bonds. The van der Waals surface area contributed by atoms with E-state index in [0.717, 1.165) is 0 Å². The van der Waals surface area contributed by atoms with E-state index < -0.39 is 10.0 Å². The monoisotopic (exact) mass is 330 g/mol. The van der Waals surface area contributed by atoms with Crippen molar-refractivity contribution in [1.82, 2.24) is 4.98 Å². The van der Waals surface area contributed by atoms with E-state index in [4.69, 9.17) is 34.8 Å². The van der Waals surface area contributed by atoms with Crippen molar-refractivity contribution in [2.24, 2.45) is 5.92 Å². The average molecular weight is 332 g/mol. The molecular weight excluding hydrogens is 319 g/mol. The first-order chi connectivity index (χ1) is 8.25. The zero-order chi connectivity index (χ0) is 13.9. The van der Waals surface area contributed by atoms with Crippen molar-refractivity contribution < 1.29 is 8.42 Å². The van der Waals surface area contributed by atoms with Crippen LogP contribution in [0.5, 0.6) is 0 Å². The third-order valence-corrected chi connectivity index (χ3v) is 4.83. The molecule has 1 aromatic rings. The highest BCUT2D eigenvalue weighted by atomic mass is 35.5. The maximum absolute atomic E-state index is 11.8. The molecule has 0 aliphatic rings. The second-order valence-electron chi connectivity index (χ2n) is 4.03. The molecule has 0 fully saturated rings. The minimum atomic E-state index is -3.52. The van der Waals surface area contributed by atoms with E-state index in [1.54, 1.807) is 13.8 Å². The SMILES string of the molecule is Cc1nc(NS(=O)(=O)CC(C)CCl)c(Cl)cc1Cl. The van der Waals surface area contributed by atoms with E-state index in [1.165, 1.54) is 6.07 Å². The molecule has 0 aromatic carbocycles. The first-order valence-corrected chi connectivity index (χ1v) is 8.08. The Labute approximate surface area is 122 Å². The highest BCUT2D eigenvalue weighted by Crippen LogP contribution is 2.26. The molecule has 0 saturated carbocycles. The topological polar surface area (TPSA) is 59.1 Å². The van der Waals surface area contributed by atoms with Crippen molar-refractivity contribution in [2.75, 3.05) is 16.4 Å². The van der Waals surface area contributed by atoms with Gasteiger partial charge in [-0.2, -0.15) is 0 Å². The van der Waals surface area contributed by atoms with E-state index in [2.05, 4.69) is 9.71 Å². The van der Waals surface area contributed by atoms with Gasteiger partial charge in [-0.3, -0.25) is 4.72 Å². The smallest absolute Gasteiger partial charge is 0.234 e. The van der Waals surface area contributed by atoms with Gasteiger partial charge in [0.2, 0.25) is 10.0 Å². The van der Waals surface area contributed by atoms with Crippen LogP contribution in [0.1, 0.15) is 12.6 Å². The van der Waals surface area contributed by atoms with Crippen LogP contribution >= 0.6 is 34.8 Å². The van der Waals surface area contributed by atoms with Crippen molar-refractivity contribution in [3.05, 3.63) is 21.8 Å². The summed E-state index contributed by atoms with van der Waals surface area (Å²) < 4.78 is 26.0. The first-order valence-electron chi connectivity index (χ1n) is 5.14. The number of alkyl halides is 1. The van der Waals surface area contributed by atoms with E-state index >= 15 is 0 Å². The zero-order valence-corrected chi connectivity index (χ0v) is 13.0. The number of sulfonamides is 1. The van der Waals surface area contributed by atoms with Crippen LogP contribution in [0.25, 0.3) is 0 Å². The molecule has 1 unspecified atom stereocenters. The molecule has 1 N–H and O–H groups in total. The number of pyridine rings is 1. The molecule has 8 heteroatoms. The number of nitrogens with one attached hydrogen (secondary N) is 1. The minimum Gasteiger partial charge on any atom is -0.266 e. The predicted octanol–water partition coefficient (Wildman–Crippen LogP) is 3.31. The van der Waals surface area contributed by atoms with Gasteiger partial charge in [0.25, 0.3) is 0 Å². The normalized spacial score (nSPS) is 13.4. The van der Waals surface area contributed by atoms with Gasteiger partial charge in [-0.1, -0.05) is 30.1 Å². The summed E-state index contributed by atoms with van der Waals surface area (Å²) >= 11 is 17.3. The number of nitrogens with zero attached hydrogens (tertiary/aromatic N) is 1. The molecule has 1 rings (SSSR count). The summed E-state index contributed by atoms with van der Waals surface area (Å²) in [4.78, 5) is 4.00. The summed E-state index contributed by atoms with van der Waals surface area (Å²) in [6.45, 7) is 3.41. The lowest BCUT2D eigenvalue weighted by molar-refractivity contribution is 0.588. The van der Waals surface area contributed by atoms with Crippen LogP contribution in [0.15, 0.2) is 6.07 Å². The maximum Gasteiger partial charge on any atom is 0.234 e. The fourth-order valence-electron chi connectivity index (χ4n) is 1.24. The van der Waals surface area contributed by atoms with Crippen LogP contribution in [0.2, 0.25) is 10.0 Å². The molecule has 0 aliphatic carbocycles. The number of halogens is 3. The Morgan fingerprint density at radius 1 is 1.39 bits per heavy atom. The van der Waals surface area contributed by atoms with Crippen LogP contribution in [-0.2, 0) is 10.0 Å². The largest absolute Gasteiger partial charge is 0.266 e.